The predicted octanol–water partition coefficient (Wildman–Crippen LogP) is 0.798. The number of hydrogen-bond donors (Lipinski definition) is 3. The molecule has 0 bridgehead atoms. The predicted molar refractivity (Wildman–Crippen MR) is 89.5 cm³/mol. The van der Waals surface area contributed by atoms with E-state index in [4.69, 9.17) is 11.0 Å². The van der Waals surface area contributed by atoms with Crippen LogP contribution in [-0.2, 0) is 14.4 Å². The maximum absolute atomic E-state index is 12.1. The normalized spacial score (nSPS) is 10.5. The van der Waals surface area contributed by atoms with Crippen LogP contribution < -0.4 is 16.4 Å². The van der Waals surface area contributed by atoms with Crippen molar-refractivity contribution in [1.82, 2.24) is 4.90 Å². The number of carbonyl (C=O) groups excluding carboxylic acids is 3. The molecule has 1 aromatic rings. The van der Waals surface area contributed by atoms with E-state index in [1.165, 1.54) is 18.0 Å². The van der Waals surface area contributed by atoms with Crippen LogP contribution in [0.4, 0.5) is 11.4 Å². The van der Waals surface area contributed by atoms with Crippen LogP contribution in [0.1, 0.15) is 13.3 Å². The van der Waals surface area contributed by atoms with Crippen LogP contribution in [-0.4, -0.2) is 36.2 Å². The first kappa shape index (κ1) is 18.9. The van der Waals surface area contributed by atoms with Crippen LogP contribution >= 0.6 is 0 Å². The number of carbonyl (C=O) groups is 3. The number of rotatable bonds is 8. The Morgan fingerprint density at radius 2 is 1.83 bits per heavy atom. The molecule has 0 heterocycles. The van der Waals surface area contributed by atoms with Crippen molar-refractivity contribution in [3.63, 3.8) is 0 Å². The number of nitrogens with zero attached hydrogens (tertiary/aromatic N) is 2. The standard InChI is InChI=1S/C16H19N5O3/c1-12(23)19-14-3-5-15(6-4-14)20-16(24)13(9-18)10-21(11-22)8-2-7-17/h3-6,10-11H,2,7-8,17H2,1H3,(H,19,23)(H,20,24)/b13-10-. The lowest BCUT2D eigenvalue weighted by Crippen LogP contribution is -2.22. The maximum Gasteiger partial charge on any atom is 0.267 e. The van der Waals surface area contributed by atoms with Gasteiger partial charge in [0.25, 0.3) is 5.91 Å². The van der Waals surface area contributed by atoms with Gasteiger partial charge in [0.15, 0.2) is 0 Å². The Kier molecular flexibility index (Phi) is 7.67. The number of nitrogens with one attached hydrogen (secondary N) is 2. The zero-order valence-corrected chi connectivity index (χ0v) is 13.3. The molecule has 0 saturated heterocycles. The Balaban J connectivity index is 2.78. The minimum Gasteiger partial charge on any atom is -0.330 e. The Morgan fingerprint density at radius 3 is 2.29 bits per heavy atom. The average Bonchev–Trinajstić information content (AvgIpc) is 2.56. The van der Waals surface area contributed by atoms with E-state index in [1.807, 2.05) is 0 Å². The molecule has 0 fully saturated rings. The van der Waals surface area contributed by atoms with Gasteiger partial charge in [0.2, 0.25) is 12.3 Å². The third-order valence-corrected chi connectivity index (χ3v) is 2.88. The number of amides is 3. The van der Waals surface area contributed by atoms with Crippen molar-refractivity contribution in [3.8, 4) is 6.07 Å². The summed E-state index contributed by atoms with van der Waals surface area (Å²) >= 11 is 0. The molecule has 0 aliphatic carbocycles. The van der Waals surface area contributed by atoms with Crippen molar-refractivity contribution in [1.29, 1.82) is 5.26 Å². The van der Waals surface area contributed by atoms with E-state index >= 15 is 0 Å². The molecule has 0 aliphatic rings. The molecular weight excluding hydrogens is 310 g/mol. The number of nitrogens with two attached hydrogens (primary N) is 1. The molecule has 0 atom stereocenters. The zero-order chi connectivity index (χ0) is 17.9. The minimum absolute atomic E-state index is 0.201. The van der Waals surface area contributed by atoms with Crippen molar-refractivity contribution < 1.29 is 14.4 Å². The smallest absolute Gasteiger partial charge is 0.267 e. The lowest BCUT2D eigenvalue weighted by Gasteiger charge is -2.12. The summed E-state index contributed by atoms with van der Waals surface area (Å²) in [7, 11) is 0. The maximum atomic E-state index is 12.1. The average molecular weight is 329 g/mol. The molecule has 8 nitrogen and oxygen atoms in total. The number of benzene rings is 1. The Labute approximate surface area is 139 Å². The van der Waals surface area contributed by atoms with E-state index in [9.17, 15) is 14.4 Å². The van der Waals surface area contributed by atoms with Gasteiger partial charge < -0.3 is 21.3 Å². The molecule has 0 unspecified atom stereocenters. The summed E-state index contributed by atoms with van der Waals surface area (Å²) in [5.41, 5.74) is 6.20. The van der Waals surface area contributed by atoms with Crippen LogP contribution in [0.25, 0.3) is 0 Å². The van der Waals surface area contributed by atoms with Gasteiger partial charge in [-0.2, -0.15) is 5.26 Å². The summed E-state index contributed by atoms with van der Waals surface area (Å²) in [6, 6.07) is 8.17. The van der Waals surface area contributed by atoms with Crippen LogP contribution in [0.15, 0.2) is 36.0 Å². The highest BCUT2D eigenvalue weighted by molar-refractivity contribution is 6.06. The molecule has 0 aliphatic heterocycles. The fourth-order valence-corrected chi connectivity index (χ4v) is 1.76. The Hall–Kier alpha value is -3.18. The van der Waals surface area contributed by atoms with Gasteiger partial charge in [-0.05, 0) is 37.2 Å². The molecule has 0 spiro atoms. The first-order valence-electron chi connectivity index (χ1n) is 7.22. The molecule has 126 valence electrons. The molecule has 8 heteroatoms. The second-order valence-corrected chi connectivity index (χ2v) is 4.85. The number of nitriles is 1. The fraction of sp³-hybridized carbons (Fsp3) is 0.250. The van der Waals surface area contributed by atoms with Crippen LogP contribution in [0.5, 0.6) is 0 Å². The molecule has 1 aromatic carbocycles. The highest BCUT2D eigenvalue weighted by Crippen LogP contribution is 2.14. The molecule has 0 saturated carbocycles. The van der Waals surface area contributed by atoms with Gasteiger partial charge in [-0.25, -0.2) is 0 Å². The monoisotopic (exact) mass is 329 g/mol. The lowest BCUT2D eigenvalue weighted by molar-refractivity contribution is -0.116. The lowest BCUT2D eigenvalue weighted by atomic mass is 10.2. The fourth-order valence-electron chi connectivity index (χ4n) is 1.76. The van der Waals surface area contributed by atoms with Crippen LogP contribution in [0.3, 0.4) is 0 Å². The quantitative estimate of drug-likeness (QED) is 0.369. The molecule has 4 N–H and O–H groups in total. The van der Waals surface area contributed by atoms with Gasteiger partial charge in [-0.1, -0.05) is 0 Å². The molecular formula is C16H19N5O3. The Bertz CT molecular complexity index is 661. The van der Waals surface area contributed by atoms with E-state index in [1.54, 1.807) is 30.3 Å². The van der Waals surface area contributed by atoms with Gasteiger partial charge in [0, 0.05) is 31.0 Å². The van der Waals surface area contributed by atoms with E-state index in [-0.39, 0.29) is 11.5 Å². The number of hydrogen-bond acceptors (Lipinski definition) is 5. The summed E-state index contributed by atoms with van der Waals surface area (Å²) in [4.78, 5) is 35.2. The number of anilines is 2. The second kappa shape index (κ2) is 9.76. The summed E-state index contributed by atoms with van der Waals surface area (Å²) in [6.45, 7) is 2.11. The summed E-state index contributed by atoms with van der Waals surface area (Å²) in [5.74, 6) is -0.836. The Morgan fingerprint density at radius 1 is 1.25 bits per heavy atom. The highest BCUT2D eigenvalue weighted by Gasteiger charge is 2.11. The third kappa shape index (κ3) is 6.29. The van der Waals surface area contributed by atoms with Crippen LogP contribution in [0, 0.1) is 11.3 Å². The topological polar surface area (TPSA) is 128 Å². The van der Waals surface area contributed by atoms with E-state index in [2.05, 4.69) is 10.6 Å². The SMILES string of the molecule is CC(=O)Nc1ccc(NC(=O)/C(C#N)=C\N(C=O)CCCN)cc1. The summed E-state index contributed by atoms with van der Waals surface area (Å²) < 4.78 is 0. The minimum atomic E-state index is -0.635. The molecule has 24 heavy (non-hydrogen) atoms. The van der Waals surface area contributed by atoms with Crippen LogP contribution in [0.2, 0.25) is 0 Å². The molecule has 0 aromatic heterocycles. The van der Waals surface area contributed by atoms with Gasteiger partial charge in [-0.3, -0.25) is 14.4 Å². The molecule has 1 rings (SSSR count). The molecule has 0 radical (unpaired) electrons. The largest absolute Gasteiger partial charge is 0.330 e. The van der Waals surface area contributed by atoms with Gasteiger partial charge in [-0.15, -0.1) is 0 Å². The van der Waals surface area contributed by atoms with Crippen molar-refractivity contribution >= 4 is 29.6 Å². The van der Waals surface area contributed by atoms with E-state index in [0.717, 1.165) is 0 Å². The van der Waals surface area contributed by atoms with Crippen molar-refractivity contribution in [2.45, 2.75) is 13.3 Å². The molecule has 3 amide bonds. The van der Waals surface area contributed by atoms with Crippen molar-refractivity contribution in [3.05, 3.63) is 36.0 Å². The second-order valence-electron chi connectivity index (χ2n) is 4.85. The first-order valence-corrected chi connectivity index (χ1v) is 7.22. The third-order valence-electron chi connectivity index (χ3n) is 2.88. The van der Waals surface area contributed by atoms with Gasteiger partial charge >= 0.3 is 0 Å². The van der Waals surface area contributed by atoms with E-state index < -0.39 is 5.91 Å². The highest BCUT2D eigenvalue weighted by atomic mass is 16.2. The summed E-state index contributed by atoms with van der Waals surface area (Å²) in [5, 5.41) is 14.2. The first-order chi connectivity index (χ1) is 11.5. The van der Waals surface area contributed by atoms with Gasteiger partial charge in [0.1, 0.15) is 11.6 Å². The zero-order valence-electron chi connectivity index (χ0n) is 13.3. The van der Waals surface area contributed by atoms with Crippen molar-refractivity contribution in [2.75, 3.05) is 23.7 Å². The van der Waals surface area contributed by atoms with E-state index in [0.29, 0.717) is 37.3 Å². The van der Waals surface area contributed by atoms with Crippen molar-refractivity contribution in [2.24, 2.45) is 5.73 Å². The summed E-state index contributed by atoms with van der Waals surface area (Å²) in [6.07, 6.45) is 2.27. The van der Waals surface area contributed by atoms with Gasteiger partial charge in [0.05, 0.1) is 0 Å².